The monoisotopic (exact) mass is 449 g/mol. The Bertz CT molecular complexity index is 917. The first-order valence-corrected chi connectivity index (χ1v) is 11.3. The number of Topliss-reactive ketones (excluding diaryl/α,β-unsaturated/α-hetero) is 1. The molecule has 0 radical (unpaired) electrons. The highest BCUT2D eigenvalue weighted by molar-refractivity contribution is 6.42. The third-order valence-corrected chi connectivity index (χ3v) is 6.61. The number of nitrogens with zero attached hydrogens (tertiary/aromatic N) is 1. The van der Waals surface area contributed by atoms with Gasteiger partial charge in [-0.1, -0.05) is 62.9 Å². The zero-order valence-electron chi connectivity index (χ0n) is 18.1. The molecule has 0 bridgehead atoms. The summed E-state index contributed by atoms with van der Waals surface area (Å²) in [6.45, 7) is 8.44. The number of carbonyl (C=O) groups is 2. The fourth-order valence-corrected chi connectivity index (χ4v) is 4.83. The smallest absolute Gasteiger partial charge is 0.336 e. The normalized spacial score (nSPS) is 23.1. The van der Waals surface area contributed by atoms with E-state index < -0.39 is 17.8 Å². The molecular formula is C24H29Cl2NO3. The van der Waals surface area contributed by atoms with E-state index >= 15 is 0 Å². The van der Waals surface area contributed by atoms with E-state index in [0.717, 1.165) is 37.0 Å². The molecule has 1 aliphatic carbocycles. The molecule has 1 aromatic carbocycles. The van der Waals surface area contributed by atoms with Crippen LogP contribution in [-0.2, 0) is 14.3 Å². The lowest BCUT2D eigenvalue weighted by atomic mass is 9.63. The summed E-state index contributed by atoms with van der Waals surface area (Å²) in [7, 11) is 0. The fourth-order valence-electron chi connectivity index (χ4n) is 4.52. The molecule has 0 amide bonds. The van der Waals surface area contributed by atoms with Gasteiger partial charge in [0.2, 0.25) is 0 Å². The number of ketones is 1. The van der Waals surface area contributed by atoms with Crippen LogP contribution in [-0.4, -0.2) is 24.1 Å². The van der Waals surface area contributed by atoms with Crippen molar-refractivity contribution in [2.24, 2.45) is 16.3 Å². The van der Waals surface area contributed by atoms with Gasteiger partial charge in [0, 0.05) is 23.7 Å². The SMILES string of the molecule is CCCCCOC(=O)C1=C(C)N=C2CC(C)(C)CC(=O)C2C1c1ccc(Cl)c(Cl)c1. The zero-order valence-corrected chi connectivity index (χ0v) is 19.6. The van der Waals surface area contributed by atoms with Crippen LogP contribution in [0.1, 0.15) is 71.3 Å². The number of allylic oxidation sites excluding steroid dienone is 1. The Kier molecular flexibility index (Phi) is 7.09. The number of unbranched alkanes of at least 4 members (excludes halogenated alkanes) is 2. The van der Waals surface area contributed by atoms with Gasteiger partial charge in [-0.25, -0.2) is 4.79 Å². The predicted octanol–water partition coefficient (Wildman–Crippen LogP) is 6.54. The topological polar surface area (TPSA) is 55.7 Å². The van der Waals surface area contributed by atoms with Gasteiger partial charge in [-0.15, -0.1) is 0 Å². The minimum atomic E-state index is -0.475. The van der Waals surface area contributed by atoms with Gasteiger partial charge in [-0.05, 0) is 42.9 Å². The van der Waals surface area contributed by atoms with E-state index in [4.69, 9.17) is 32.9 Å². The summed E-state index contributed by atoms with van der Waals surface area (Å²) in [5.74, 6) is -1.24. The number of halogens is 2. The molecule has 4 nitrogen and oxygen atoms in total. The molecule has 2 unspecified atom stereocenters. The third kappa shape index (κ3) is 4.81. The second kappa shape index (κ2) is 9.23. The lowest BCUT2D eigenvalue weighted by molar-refractivity contribution is -0.139. The molecular weight excluding hydrogens is 421 g/mol. The standard InChI is InChI=1S/C24H29Cl2NO3/c1-5-6-7-10-30-23(29)20-14(2)27-18-12-24(3,4)13-19(28)22(18)21(20)15-8-9-16(25)17(26)11-15/h8-9,11,21-22H,5-7,10,12-13H2,1-4H3. The van der Waals surface area contributed by atoms with E-state index in [9.17, 15) is 9.59 Å². The Labute approximate surface area is 188 Å². The van der Waals surface area contributed by atoms with Crippen molar-refractivity contribution in [3.63, 3.8) is 0 Å². The number of hydrogen-bond acceptors (Lipinski definition) is 4. The summed E-state index contributed by atoms with van der Waals surface area (Å²) in [5.41, 5.74) is 2.55. The van der Waals surface area contributed by atoms with Gasteiger partial charge < -0.3 is 4.74 Å². The van der Waals surface area contributed by atoms with Crippen molar-refractivity contribution in [1.29, 1.82) is 0 Å². The molecule has 0 saturated heterocycles. The second-order valence-corrected chi connectivity index (χ2v) is 9.87. The minimum absolute atomic E-state index is 0.102. The number of rotatable bonds is 6. The Hall–Kier alpha value is -1.65. The van der Waals surface area contributed by atoms with Gasteiger partial charge >= 0.3 is 5.97 Å². The predicted molar refractivity (Wildman–Crippen MR) is 121 cm³/mol. The maximum Gasteiger partial charge on any atom is 0.336 e. The van der Waals surface area contributed by atoms with Crippen LogP contribution in [0.3, 0.4) is 0 Å². The summed E-state index contributed by atoms with van der Waals surface area (Å²) < 4.78 is 5.58. The van der Waals surface area contributed by atoms with Crippen LogP contribution >= 0.6 is 23.2 Å². The van der Waals surface area contributed by atoms with Crippen molar-refractivity contribution < 1.29 is 14.3 Å². The average Bonchev–Trinajstić information content (AvgIpc) is 2.65. The van der Waals surface area contributed by atoms with Gasteiger partial charge in [0.15, 0.2) is 0 Å². The van der Waals surface area contributed by atoms with E-state index in [1.807, 2.05) is 13.0 Å². The van der Waals surface area contributed by atoms with Crippen LogP contribution in [0.4, 0.5) is 0 Å². The maximum absolute atomic E-state index is 13.2. The van der Waals surface area contributed by atoms with E-state index in [2.05, 4.69) is 20.8 Å². The lowest BCUT2D eigenvalue weighted by Crippen LogP contribution is -2.44. The second-order valence-electron chi connectivity index (χ2n) is 9.06. The van der Waals surface area contributed by atoms with Gasteiger partial charge in [0.1, 0.15) is 5.78 Å². The van der Waals surface area contributed by atoms with Crippen molar-refractivity contribution in [3.8, 4) is 0 Å². The first-order valence-electron chi connectivity index (χ1n) is 10.6. The third-order valence-electron chi connectivity index (χ3n) is 5.87. The largest absolute Gasteiger partial charge is 0.462 e. The number of aliphatic imine (C=N–C) groups is 1. The van der Waals surface area contributed by atoms with E-state index in [1.165, 1.54) is 0 Å². The molecule has 1 saturated carbocycles. The molecule has 2 atom stereocenters. The van der Waals surface area contributed by atoms with E-state index in [1.54, 1.807) is 12.1 Å². The Morgan fingerprint density at radius 2 is 1.90 bits per heavy atom. The van der Waals surface area contributed by atoms with Crippen LogP contribution in [0.15, 0.2) is 34.5 Å². The van der Waals surface area contributed by atoms with Crippen LogP contribution in [0.5, 0.6) is 0 Å². The van der Waals surface area contributed by atoms with Crippen molar-refractivity contribution in [2.75, 3.05) is 6.61 Å². The van der Waals surface area contributed by atoms with Crippen LogP contribution < -0.4 is 0 Å². The molecule has 0 N–H and O–H groups in total. The number of fused-ring (bicyclic) bond motifs is 1. The molecule has 1 aromatic rings. The van der Waals surface area contributed by atoms with Crippen molar-refractivity contribution in [2.45, 2.75) is 65.7 Å². The summed E-state index contributed by atoms with van der Waals surface area (Å²) in [6, 6.07) is 5.30. The Morgan fingerprint density at radius 3 is 2.57 bits per heavy atom. The number of esters is 1. The molecule has 1 fully saturated rings. The van der Waals surface area contributed by atoms with E-state index in [-0.39, 0.29) is 11.2 Å². The molecule has 162 valence electrons. The molecule has 2 aliphatic rings. The highest BCUT2D eigenvalue weighted by atomic mass is 35.5. The van der Waals surface area contributed by atoms with Gasteiger partial charge in [-0.2, -0.15) is 0 Å². The number of benzene rings is 1. The number of carbonyl (C=O) groups excluding carboxylic acids is 2. The van der Waals surface area contributed by atoms with Crippen molar-refractivity contribution in [1.82, 2.24) is 0 Å². The van der Waals surface area contributed by atoms with Crippen molar-refractivity contribution >= 4 is 40.7 Å². The van der Waals surface area contributed by atoms with Gasteiger partial charge in [0.25, 0.3) is 0 Å². The molecule has 0 aromatic heterocycles. The Morgan fingerprint density at radius 1 is 1.17 bits per heavy atom. The first kappa shape index (κ1) is 23.0. The molecule has 3 rings (SSSR count). The van der Waals surface area contributed by atoms with Crippen LogP contribution in [0, 0.1) is 11.3 Å². The average molecular weight is 450 g/mol. The highest BCUT2D eigenvalue weighted by Crippen LogP contribution is 2.47. The zero-order chi connectivity index (χ0) is 22.1. The van der Waals surface area contributed by atoms with Crippen molar-refractivity contribution in [3.05, 3.63) is 45.1 Å². The summed E-state index contributed by atoms with van der Waals surface area (Å²) in [5, 5.41) is 0.834. The summed E-state index contributed by atoms with van der Waals surface area (Å²) >= 11 is 12.4. The highest BCUT2D eigenvalue weighted by Gasteiger charge is 2.47. The fraction of sp³-hybridized carbons (Fsp3) is 0.542. The molecule has 30 heavy (non-hydrogen) atoms. The molecule has 1 aliphatic heterocycles. The Balaban J connectivity index is 2.05. The number of ether oxygens (including phenoxy) is 1. The van der Waals surface area contributed by atoms with Gasteiger partial charge in [0.05, 0.1) is 28.1 Å². The summed E-state index contributed by atoms with van der Waals surface area (Å²) in [4.78, 5) is 31.1. The number of hydrogen-bond donors (Lipinski definition) is 0. The first-order chi connectivity index (χ1) is 14.1. The van der Waals surface area contributed by atoms with E-state index in [0.29, 0.717) is 34.3 Å². The lowest BCUT2D eigenvalue weighted by Gasteiger charge is -2.41. The molecule has 0 spiro atoms. The van der Waals surface area contributed by atoms with Crippen LogP contribution in [0.2, 0.25) is 10.0 Å². The maximum atomic E-state index is 13.2. The molecule has 1 heterocycles. The van der Waals surface area contributed by atoms with Crippen LogP contribution in [0.25, 0.3) is 0 Å². The molecule has 6 heteroatoms. The summed E-state index contributed by atoms with van der Waals surface area (Å²) in [6.07, 6.45) is 4.03. The van der Waals surface area contributed by atoms with Gasteiger partial charge in [-0.3, -0.25) is 9.79 Å². The quantitative estimate of drug-likeness (QED) is 0.365. The minimum Gasteiger partial charge on any atom is -0.462 e.